The van der Waals surface area contributed by atoms with Gasteiger partial charge in [-0.1, -0.05) is 12.1 Å². The molecule has 0 radical (unpaired) electrons. The molecule has 19 heavy (non-hydrogen) atoms. The zero-order chi connectivity index (χ0) is 13.6. The van der Waals surface area contributed by atoms with Crippen LogP contribution in [0.5, 0.6) is 0 Å². The van der Waals surface area contributed by atoms with Crippen LogP contribution in [0, 0.1) is 5.82 Å². The average Bonchev–Trinajstić information content (AvgIpc) is 2.82. The Morgan fingerprint density at radius 2 is 1.95 bits per heavy atom. The van der Waals surface area contributed by atoms with Crippen LogP contribution in [0.25, 0.3) is 10.6 Å². The lowest BCUT2D eigenvalue weighted by atomic mass is 10.1. The summed E-state index contributed by atoms with van der Waals surface area (Å²) in [6.45, 7) is 0. The Bertz CT molecular complexity index is 749. The van der Waals surface area contributed by atoms with Crippen molar-refractivity contribution in [1.29, 1.82) is 0 Å². The number of halogens is 1. The van der Waals surface area contributed by atoms with Crippen molar-refractivity contribution in [2.75, 3.05) is 0 Å². The molecule has 1 heterocycles. The summed E-state index contributed by atoms with van der Waals surface area (Å²) in [5.41, 5.74) is 5.58. The van der Waals surface area contributed by atoms with E-state index in [0.717, 1.165) is 17.4 Å². The number of carbonyl (C=O) groups excluding carboxylic acids is 2. The van der Waals surface area contributed by atoms with E-state index in [4.69, 9.17) is 5.73 Å². The van der Waals surface area contributed by atoms with Gasteiger partial charge in [-0.05, 0) is 12.1 Å². The van der Waals surface area contributed by atoms with Crippen molar-refractivity contribution >= 4 is 22.9 Å². The van der Waals surface area contributed by atoms with E-state index in [9.17, 15) is 14.0 Å². The number of nitrogens with two attached hydrogens (primary N) is 1. The van der Waals surface area contributed by atoms with Gasteiger partial charge in [0.2, 0.25) is 5.78 Å². The summed E-state index contributed by atoms with van der Waals surface area (Å²) in [5, 5.41) is 0.299. The Balaban J connectivity index is 2.18. The number of carbonyl (C=O) groups is 2. The summed E-state index contributed by atoms with van der Waals surface area (Å²) in [4.78, 5) is 27.8. The van der Waals surface area contributed by atoms with E-state index < -0.39 is 11.6 Å². The van der Waals surface area contributed by atoms with E-state index in [-0.39, 0.29) is 27.6 Å². The normalized spacial score (nSPS) is 14.3. The first-order valence-electron chi connectivity index (χ1n) is 5.40. The fourth-order valence-corrected chi connectivity index (χ4v) is 2.80. The van der Waals surface area contributed by atoms with Gasteiger partial charge in [-0.25, -0.2) is 9.37 Å². The van der Waals surface area contributed by atoms with Crippen LogP contribution in [-0.2, 0) is 0 Å². The van der Waals surface area contributed by atoms with Gasteiger partial charge in [-0.3, -0.25) is 9.59 Å². The predicted octanol–water partition coefficient (Wildman–Crippen LogP) is 2.17. The molecule has 94 valence electrons. The maximum atomic E-state index is 13.7. The first kappa shape index (κ1) is 11.7. The first-order chi connectivity index (χ1) is 9.08. The fraction of sp³-hybridized carbons (Fsp3) is 0. The summed E-state index contributed by atoms with van der Waals surface area (Å²) < 4.78 is 13.7. The van der Waals surface area contributed by atoms with Crippen molar-refractivity contribution in [2.45, 2.75) is 0 Å². The Kier molecular flexibility index (Phi) is 2.53. The van der Waals surface area contributed by atoms with Crippen molar-refractivity contribution in [3.8, 4) is 10.6 Å². The van der Waals surface area contributed by atoms with E-state index in [1.165, 1.54) is 6.07 Å². The quantitative estimate of drug-likeness (QED) is 0.865. The number of nitrogens with zero attached hydrogens (tertiary/aromatic N) is 1. The van der Waals surface area contributed by atoms with Gasteiger partial charge in [0.15, 0.2) is 5.78 Å². The van der Waals surface area contributed by atoms with Gasteiger partial charge in [-0.2, -0.15) is 0 Å². The van der Waals surface area contributed by atoms with Gasteiger partial charge in [0, 0.05) is 11.6 Å². The number of fused-ring (bicyclic) bond motifs is 1. The average molecular weight is 274 g/mol. The molecule has 1 aromatic carbocycles. The van der Waals surface area contributed by atoms with E-state index in [0.29, 0.717) is 5.01 Å². The minimum atomic E-state index is -0.492. The minimum absolute atomic E-state index is 0.00764. The van der Waals surface area contributed by atoms with Gasteiger partial charge >= 0.3 is 0 Å². The lowest BCUT2D eigenvalue weighted by molar-refractivity contribution is 0.0982. The van der Waals surface area contributed by atoms with E-state index in [1.54, 1.807) is 18.2 Å². The molecule has 1 aliphatic rings. The minimum Gasteiger partial charge on any atom is -0.395 e. The molecule has 2 aromatic rings. The number of benzene rings is 1. The number of ketones is 2. The fourth-order valence-electron chi connectivity index (χ4n) is 1.80. The molecular weight excluding hydrogens is 267 g/mol. The number of thiazole rings is 1. The second-order valence-electron chi connectivity index (χ2n) is 3.97. The molecule has 0 amide bonds. The Labute approximate surface area is 111 Å². The molecule has 4 nitrogen and oxygen atoms in total. The molecule has 1 aliphatic carbocycles. The van der Waals surface area contributed by atoms with Crippen LogP contribution in [0.4, 0.5) is 4.39 Å². The molecule has 0 spiro atoms. The molecular formula is C13H7FN2O2S. The van der Waals surface area contributed by atoms with Gasteiger partial charge in [0.1, 0.15) is 21.4 Å². The third-order valence-electron chi connectivity index (χ3n) is 2.72. The van der Waals surface area contributed by atoms with Crippen LogP contribution in [-0.4, -0.2) is 16.6 Å². The highest BCUT2D eigenvalue weighted by Gasteiger charge is 2.29. The molecule has 0 saturated carbocycles. The number of rotatable bonds is 1. The third kappa shape index (κ3) is 1.77. The van der Waals surface area contributed by atoms with Crippen molar-refractivity contribution in [3.05, 3.63) is 52.4 Å². The molecule has 0 aliphatic heterocycles. The monoisotopic (exact) mass is 274 g/mol. The molecule has 0 fully saturated rings. The van der Waals surface area contributed by atoms with Crippen molar-refractivity contribution in [3.63, 3.8) is 0 Å². The molecule has 3 rings (SSSR count). The van der Waals surface area contributed by atoms with Crippen molar-refractivity contribution in [1.82, 2.24) is 4.98 Å². The molecule has 0 unspecified atom stereocenters. The lowest BCUT2D eigenvalue weighted by Gasteiger charge is -2.04. The van der Waals surface area contributed by atoms with Crippen LogP contribution in [0.1, 0.15) is 20.2 Å². The van der Waals surface area contributed by atoms with Gasteiger partial charge in [0.25, 0.3) is 0 Å². The number of hydrogen-bond donors (Lipinski definition) is 1. The van der Waals surface area contributed by atoms with E-state index >= 15 is 0 Å². The Hall–Kier alpha value is -2.34. The molecule has 6 heteroatoms. The van der Waals surface area contributed by atoms with E-state index in [2.05, 4.69) is 4.98 Å². The number of hydrogen-bond acceptors (Lipinski definition) is 5. The van der Waals surface area contributed by atoms with Crippen molar-refractivity contribution < 1.29 is 14.0 Å². The molecule has 0 bridgehead atoms. The molecule has 0 saturated heterocycles. The second-order valence-corrected chi connectivity index (χ2v) is 4.97. The number of allylic oxidation sites excluding steroid dienone is 2. The van der Waals surface area contributed by atoms with Crippen LogP contribution >= 0.6 is 11.3 Å². The highest BCUT2D eigenvalue weighted by molar-refractivity contribution is 7.17. The topological polar surface area (TPSA) is 73.1 Å². The van der Waals surface area contributed by atoms with Gasteiger partial charge < -0.3 is 5.73 Å². The van der Waals surface area contributed by atoms with Crippen LogP contribution < -0.4 is 5.73 Å². The number of Topliss-reactive ketones (excluding diaryl/α,β-unsaturated/α-hetero) is 1. The van der Waals surface area contributed by atoms with Gasteiger partial charge in [-0.15, -0.1) is 11.3 Å². The first-order valence-corrected chi connectivity index (χ1v) is 6.21. The summed E-state index contributed by atoms with van der Waals surface area (Å²) in [6, 6.07) is 6.06. The van der Waals surface area contributed by atoms with Crippen LogP contribution in [0.15, 0.2) is 36.0 Å². The smallest absolute Gasteiger partial charge is 0.228 e. The highest BCUT2D eigenvalue weighted by Crippen LogP contribution is 2.32. The summed E-state index contributed by atoms with van der Waals surface area (Å²) in [6.07, 6.45) is 1.08. The zero-order valence-corrected chi connectivity index (χ0v) is 10.3. The lowest BCUT2D eigenvalue weighted by Crippen LogP contribution is -2.20. The second kappa shape index (κ2) is 4.10. The molecule has 1 aromatic heterocycles. The summed E-state index contributed by atoms with van der Waals surface area (Å²) >= 11 is 0.995. The van der Waals surface area contributed by atoms with Crippen LogP contribution in [0.2, 0.25) is 0 Å². The largest absolute Gasteiger partial charge is 0.395 e. The third-order valence-corrected chi connectivity index (χ3v) is 3.82. The highest BCUT2D eigenvalue weighted by atomic mass is 32.1. The van der Waals surface area contributed by atoms with Crippen molar-refractivity contribution in [2.24, 2.45) is 5.73 Å². The SMILES string of the molecule is NC1=CC(=O)c2sc(-c3ccccc3F)nc2C1=O. The zero-order valence-electron chi connectivity index (χ0n) is 9.51. The molecule has 2 N–H and O–H groups in total. The number of aromatic nitrogens is 1. The summed E-state index contributed by atoms with van der Waals surface area (Å²) in [7, 11) is 0. The predicted molar refractivity (Wildman–Crippen MR) is 68.4 cm³/mol. The summed E-state index contributed by atoms with van der Waals surface area (Å²) in [5.74, 6) is -1.31. The van der Waals surface area contributed by atoms with E-state index in [1.807, 2.05) is 0 Å². The maximum Gasteiger partial charge on any atom is 0.228 e. The maximum absolute atomic E-state index is 13.7. The Morgan fingerprint density at radius 1 is 1.21 bits per heavy atom. The van der Waals surface area contributed by atoms with Gasteiger partial charge in [0.05, 0.1) is 5.70 Å². The molecule has 0 atom stereocenters. The van der Waals surface area contributed by atoms with Crippen LogP contribution in [0.3, 0.4) is 0 Å². The standard InChI is InChI=1S/C13H7FN2O2S/c14-7-4-2-1-3-6(7)13-16-10-11(18)8(15)5-9(17)12(10)19-13/h1-5H,15H2. The Morgan fingerprint density at radius 3 is 2.68 bits per heavy atom.